The van der Waals surface area contributed by atoms with Gasteiger partial charge in [-0.2, -0.15) is 5.10 Å². The summed E-state index contributed by atoms with van der Waals surface area (Å²) in [5.74, 6) is 0. The largest absolute Gasteiger partial charge is 0.376 e. The lowest BCUT2D eigenvalue weighted by Gasteiger charge is -2.27. The van der Waals surface area contributed by atoms with E-state index < -0.39 is 0 Å². The molecule has 1 aromatic heterocycles. The van der Waals surface area contributed by atoms with Crippen LogP contribution in [-0.4, -0.2) is 35.7 Å². The molecule has 0 radical (unpaired) electrons. The summed E-state index contributed by atoms with van der Waals surface area (Å²) < 4.78 is 12.6. The van der Waals surface area contributed by atoms with E-state index in [0.29, 0.717) is 19.8 Å². The molecule has 78 valence electrons. The Hall–Kier alpha value is -0.910. The molecule has 1 aliphatic rings. The minimum atomic E-state index is -0.164. The van der Waals surface area contributed by atoms with Crippen LogP contribution in [0, 0.1) is 0 Å². The normalized spacial score (nSPS) is 24.9. The standard InChI is InChI=1S/C9H15N3O2/c1-12-7(2-3-11-12)9(10)8-6-13-4-5-14-8/h2-3,8-9H,4-6,10H2,1H3. The first-order valence-electron chi connectivity index (χ1n) is 4.72. The zero-order valence-corrected chi connectivity index (χ0v) is 8.22. The molecular formula is C9H15N3O2. The van der Waals surface area contributed by atoms with Gasteiger partial charge in [0.1, 0.15) is 6.10 Å². The van der Waals surface area contributed by atoms with Gasteiger partial charge in [-0.1, -0.05) is 0 Å². The zero-order valence-electron chi connectivity index (χ0n) is 8.22. The zero-order chi connectivity index (χ0) is 9.97. The van der Waals surface area contributed by atoms with Gasteiger partial charge in [0.25, 0.3) is 0 Å². The average molecular weight is 197 g/mol. The summed E-state index contributed by atoms with van der Waals surface area (Å²) in [5, 5.41) is 4.07. The van der Waals surface area contributed by atoms with Gasteiger partial charge < -0.3 is 15.2 Å². The molecule has 0 spiro atoms. The first-order chi connectivity index (χ1) is 6.79. The SMILES string of the molecule is Cn1nccc1C(N)C1COCCO1. The van der Waals surface area contributed by atoms with Crippen molar-refractivity contribution in [2.75, 3.05) is 19.8 Å². The van der Waals surface area contributed by atoms with Crippen LogP contribution in [0.4, 0.5) is 0 Å². The molecule has 1 fully saturated rings. The van der Waals surface area contributed by atoms with Gasteiger partial charge in [-0.25, -0.2) is 0 Å². The molecule has 0 aromatic carbocycles. The Morgan fingerprint density at radius 3 is 3.07 bits per heavy atom. The highest BCUT2D eigenvalue weighted by Gasteiger charge is 2.25. The summed E-state index contributed by atoms with van der Waals surface area (Å²) in [6, 6.07) is 1.74. The average Bonchev–Trinajstić information content (AvgIpc) is 2.65. The summed E-state index contributed by atoms with van der Waals surface area (Å²) in [5.41, 5.74) is 7.02. The van der Waals surface area contributed by atoms with E-state index >= 15 is 0 Å². The van der Waals surface area contributed by atoms with Crippen molar-refractivity contribution < 1.29 is 9.47 Å². The molecule has 0 amide bonds. The Kier molecular flexibility index (Phi) is 2.81. The Bertz CT molecular complexity index is 294. The number of ether oxygens (including phenoxy) is 2. The molecule has 2 N–H and O–H groups in total. The maximum Gasteiger partial charge on any atom is 0.102 e. The predicted molar refractivity (Wildman–Crippen MR) is 50.7 cm³/mol. The quantitative estimate of drug-likeness (QED) is 0.715. The van der Waals surface area contributed by atoms with Crippen LogP contribution >= 0.6 is 0 Å². The first kappa shape index (κ1) is 9.64. The van der Waals surface area contributed by atoms with Crippen molar-refractivity contribution in [2.45, 2.75) is 12.1 Å². The second kappa shape index (κ2) is 4.08. The lowest BCUT2D eigenvalue weighted by molar-refractivity contribution is -0.0983. The predicted octanol–water partition coefficient (Wildman–Crippen LogP) is -0.165. The molecule has 0 saturated carbocycles. The van der Waals surface area contributed by atoms with Crippen LogP contribution in [0.5, 0.6) is 0 Å². The highest BCUT2D eigenvalue weighted by atomic mass is 16.6. The van der Waals surface area contributed by atoms with Gasteiger partial charge in [0.2, 0.25) is 0 Å². The lowest BCUT2D eigenvalue weighted by atomic mass is 10.1. The highest BCUT2D eigenvalue weighted by Crippen LogP contribution is 2.17. The van der Waals surface area contributed by atoms with Crippen molar-refractivity contribution in [3.05, 3.63) is 18.0 Å². The van der Waals surface area contributed by atoms with E-state index in [1.807, 2.05) is 13.1 Å². The van der Waals surface area contributed by atoms with E-state index in [2.05, 4.69) is 5.10 Å². The minimum absolute atomic E-state index is 0.0563. The van der Waals surface area contributed by atoms with Gasteiger partial charge in [0.15, 0.2) is 0 Å². The summed E-state index contributed by atoms with van der Waals surface area (Å²) in [7, 11) is 1.87. The Labute approximate surface area is 82.8 Å². The van der Waals surface area contributed by atoms with Crippen LogP contribution in [0.3, 0.4) is 0 Å². The number of nitrogens with two attached hydrogens (primary N) is 1. The van der Waals surface area contributed by atoms with Crippen LogP contribution in [0.1, 0.15) is 11.7 Å². The summed E-state index contributed by atoms with van der Waals surface area (Å²) >= 11 is 0. The van der Waals surface area contributed by atoms with E-state index in [0.717, 1.165) is 5.69 Å². The molecule has 1 aromatic rings. The molecule has 0 aliphatic carbocycles. The van der Waals surface area contributed by atoms with Crippen molar-refractivity contribution in [1.82, 2.24) is 9.78 Å². The lowest BCUT2D eigenvalue weighted by Crippen LogP contribution is -2.38. The molecule has 2 atom stereocenters. The monoisotopic (exact) mass is 197 g/mol. The fraction of sp³-hybridized carbons (Fsp3) is 0.667. The van der Waals surface area contributed by atoms with E-state index in [9.17, 15) is 0 Å². The molecule has 2 heterocycles. The Balaban J connectivity index is 2.07. The first-order valence-corrected chi connectivity index (χ1v) is 4.72. The van der Waals surface area contributed by atoms with Crippen LogP contribution in [0.2, 0.25) is 0 Å². The van der Waals surface area contributed by atoms with Gasteiger partial charge in [0.05, 0.1) is 31.6 Å². The topological polar surface area (TPSA) is 62.3 Å². The third-order valence-corrected chi connectivity index (χ3v) is 2.44. The van der Waals surface area contributed by atoms with Crippen LogP contribution in [0.25, 0.3) is 0 Å². The number of hydrogen-bond donors (Lipinski definition) is 1. The van der Waals surface area contributed by atoms with Gasteiger partial charge in [-0.15, -0.1) is 0 Å². The molecule has 0 bridgehead atoms. The number of nitrogens with zero attached hydrogens (tertiary/aromatic N) is 2. The van der Waals surface area contributed by atoms with Gasteiger partial charge >= 0.3 is 0 Å². The fourth-order valence-corrected chi connectivity index (χ4v) is 1.61. The molecule has 1 aliphatic heterocycles. The molecule has 2 unspecified atom stereocenters. The molecule has 5 nitrogen and oxygen atoms in total. The summed E-state index contributed by atoms with van der Waals surface area (Å²) in [4.78, 5) is 0. The number of aryl methyl sites for hydroxylation is 1. The van der Waals surface area contributed by atoms with Crippen molar-refractivity contribution in [3.8, 4) is 0 Å². The summed E-state index contributed by atoms with van der Waals surface area (Å²) in [6.45, 7) is 1.84. The molecule has 2 rings (SSSR count). The van der Waals surface area contributed by atoms with Crippen molar-refractivity contribution in [3.63, 3.8) is 0 Å². The van der Waals surface area contributed by atoms with E-state index in [4.69, 9.17) is 15.2 Å². The van der Waals surface area contributed by atoms with Crippen LogP contribution in [0.15, 0.2) is 12.3 Å². The van der Waals surface area contributed by atoms with Gasteiger partial charge in [-0.05, 0) is 6.07 Å². The van der Waals surface area contributed by atoms with Crippen molar-refractivity contribution in [2.24, 2.45) is 12.8 Å². The maximum absolute atomic E-state index is 6.05. The fourth-order valence-electron chi connectivity index (χ4n) is 1.61. The van der Waals surface area contributed by atoms with Gasteiger partial charge in [-0.3, -0.25) is 4.68 Å². The van der Waals surface area contributed by atoms with Crippen LogP contribution in [-0.2, 0) is 16.5 Å². The molecule has 5 heteroatoms. The second-order valence-corrected chi connectivity index (χ2v) is 3.39. The number of rotatable bonds is 2. The summed E-state index contributed by atoms with van der Waals surface area (Å²) in [6.07, 6.45) is 1.68. The van der Waals surface area contributed by atoms with Crippen molar-refractivity contribution in [1.29, 1.82) is 0 Å². The number of aromatic nitrogens is 2. The molecule has 1 saturated heterocycles. The van der Waals surface area contributed by atoms with Crippen LogP contribution < -0.4 is 5.73 Å². The Morgan fingerprint density at radius 2 is 2.50 bits per heavy atom. The smallest absolute Gasteiger partial charge is 0.102 e. The third kappa shape index (κ3) is 1.79. The van der Waals surface area contributed by atoms with Crippen molar-refractivity contribution >= 4 is 0 Å². The number of hydrogen-bond acceptors (Lipinski definition) is 4. The van der Waals surface area contributed by atoms with E-state index in [1.165, 1.54) is 0 Å². The second-order valence-electron chi connectivity index (χ2n) is 3.39. The Morgan fingerprint density at radius 1 is 1.64 bits per heavy atom. The van der Waals surface area contributed by atoms with Gasteiger partial charge in [0, 0.05) is 13.2 Å². The highest BCUT2D eigenvalue weighted by molar-refractivity contribution is 5.08. The molecular weight excluding hydrogens is 182 g/mol. The maximum atomic E-state index is 6.05. The third-order valence-electron chi connectivity index (χ3n) is 2.44. The minimum Gasteiger partial charge on any atom is -0.376 e. The molecule has 14 heavy (non-hydrogen) atoms. The van der Waals surface area contributed by atoms with E-state index in [-0.39, 0.29) is 12.1 Å². The van der Waals surface area contributed by atoms with E-state index in [1.54, 1.807) is 10.9 Å².